The Hall–Kier alpha value is -6.24. The Balaban J connectivity index is 0.949. The van der Waals surface area contributed by atoms with Crippen molar-refractivity contribution >= 4 is 22.1 Å². The molecular formula is C64H70N4O6. The maximum absolute atomic E-state index is 7.21. The highest BCUT2D eigenvalue weighted by atomic mass is 16.6. The fourth-order valence-corrected chi connectivity index (χ4v) is 11.8. The van der Waals surface area contributed by atoms with Crippen LogP contribution in [0.2, 0.25) is 0 Å². The normalized spacial score (nSPS) is 27.0. The van der Waals surface area contributed by atoms with Crippen molar-refractivity contribution in [2.24, 2.45) is 0 Å². The summed E-state index contributed by atoms with van der Waals surface area (Å²) in [6, 6.07) is 54.8. The molecule has 4 aliphatic heterocycles. The summed E-state index contributed by atoms with van der Waals surface area (Å²) in [6.07, 6.45) is 0.894. The van der Waals surface area contributed by atoms with Gasteiger partial charge in [-0.3, -0.25) is 9.97 Å². The summed E-state index contributed by atoms with van der Waals surface area (Å²) in [5.74, 6) is 0. The number of fused-ring (bicyclic) bond motifs is 8. The van der Waals surface area contributed by atoms with Gasteiger partial charge in [-0.15, -0.1) is 0 Å². The van der Waals surface area contributed by atoms with Crippen LogP contribution in [-0.4, -0.2) is 68.8 Å². The highest BCUT2D eigenvalue weighted by Crippen LogP contribution is 2.45. The van der Waals surface area contributed by atoms with Crippen LogP contribution < -0.4 is 0 Å². The molecule has 2 fully saturated rings. The first kappa shape index (κ1) is 49.9. The van der Waals surface area contributed by atoms with Gasteiger partial charge in [-0.25, -0.2) is 0 Å². The third-order valence-electron chi connectivity index (χ3n) is 16.0. The molecule has 10 heteroatoms. The Bertz CT molecular complexity index is 3180. The molecule has 4 aliphatic rings. The average Bonchev–Trinajstić information content (AvgIpc) is 4.14. The molecule has 8 bridgehead atoms. The van der Waals surface area contributed by atoms with Crippen molar-refractivity contribution in [3.8, 4) is 0 Å². The summed E-state index contributed by atoms with van der Waals surface area (Å²) in [5.41, 5.74) is 13.5. The number of rotatable bonds is 14. The lowest BCUT2D eigenvalue weighted by atomic mass is 9.74. The zero-order valence-corrected chi connectivity index (χ0v) is 43.6. The minimum atomic E-state index is -0.542. The van der Waals surface area contributed by atoms with Gasteiger partial charge in [0.15, 0.2) is 0 Å². The van der Waals surface area contributed by atoms with Crippen molar-refractivity contribution in [3.05, 3.63) is 214 Å². The molecule has 11 rings (SSSR count). The highest BCUT2D eigenvalue weighted by Gasteiger charge is 2.52. The van der Waals surface area contributed by atoms with Crippen LogP contribution >= 0.6 is 0 Å². The molecule has 10 atom stereocenters. The number of hydrogen-bond donors (Lipinski definition) is 2. The molecule has 2 N–H and O–H groups in total. The van der Waals surface area contributed by atoms with Crippen LogP contribution in [0.15, 0.2) is 158 Å². The molecule has 0 spiro atoms. The second-order valence-corrected chi connectivity index (χ2v) is 21.7. The topological polar surface area (TPSA) is 113 Å². The number of nitrogens with zero attached hydrogens (tertiary/aromatic N) is 2. The fraction of sp³-hybridized carbons (Fsp3) is 0.375. The minimum absolute atomic E-state index is 0.151. The van der Waals surface area contributed by atoms with E-state index >= 15 is 0 Å². The Kier molecular flexibility index (Phi) is 14.5. The van der Waals surface area contributed by atoms with Crippen LogP contribution in [0.5, 0.6) is 0 Å². The molecule has 0 saturated carbocycles. The lowest BCUT2D eigenvalue weighted by Gasteiger charge is -2.46. The molecule has 74 heavy (non-hydrogen) atoms. The van der Waals surface area contributed by atoms with E-state index in [1.807, 2.05) is 24.3 Å². The third-order valence-corrected chi connectivity index (χ3v) is 16.0. The van der Waals surface area contributed by atoms with Gasteiger partial charge >= 0.3 is 0 Å². The molecule has 0 amide bonds. The van der Waals surface area contributed by atoms with Gasteiger partial charge < -0.3 is 38.4 Å². The fourth-order valence-electron chi connectivity index (χ4n) is 11.8. The van der Waals surface area contributed by atoms with E-state index in [9.17, 15) is 0 Å². The van der Waals surface area contributed by atoms with Gasteiger partial charge in [0.25, 0.3) is 0 Å². The maximum atomic E-state index is 7.21. The van der Waals surface area contributed by atoms with Crippen LogP contribution in [0.1, 0.15) is 96.7 Å². The quantitative estimate of drug-likeness (QED) is 0.111. The molecule has 2 saturated heterocycles. The minimum Gasteiger partial charge on any atom is -0.371 e. The highest BCUT2D eigenvalue weighted by molar-refractivity contribution is 5.68. The second kappa shape index (κ2) is 21.5. The molecule has 0 unspecified atom stereocenters. The van der Waals surface area contributed by atoms with E-state index in [2.05, 4.69) is 185 Å². The zero-order valence-electron chi connectivity index (χ0n) is 43.6. The summed E-state index contributed by atoms with van der Waals surface area (Å²) in [7, 11) is 0. The first-order valence-corrected chi connectivity index (χ1v) is 26.6. The van der Waals surface area contributed by atoms with Crippen LogP contribution in [-0.2, 0) is 78.5 Å². The smallest absolute Gasteiger partial charge is 0.0955 e. The Morgan fingerprint density at radius 1 is 0.459 bits per heavy atom. The number of aryl methyl sites for hydroxylation is 2. The predicted octanol–water partition coefficient (Wildman–Crippen LogP) is 12.6. The van der Waals surface area contributed by atoms with Crippen LogP contribution in [0.4, 0.5) is 0 Å². The van der Waals surface area contributed by atoms with Gasteiger partial charge in [0.2, 0.25) is 0 Å². The van der Waals surface area contributed by atoms with Crippen molar-refractivity contribution in [2.75, 3.05) is 0 Å². The van der Waals surface area contributed by atoms with Gasteiger partial charge in [-0.1, -0.05) is 135 Å². The van der Waals surface area contributed by atoms with Crippen molar-refractivity contribution < 1.29 is 28.4 Å². The summed E-state index contributed by atoms with van der Waals surface area (Å²) in [4.78, 5) is 18.6. The van der Waals surface area contributed by atoms with Crippen LogP contribution in [0, 0.1) is 13.8 Å². The molecule has 10 nitrogen and oxygen atoms in total. The average molecular weight is 991 g/mol. The van der Waals surface area contributed by atoms with Gasteiger partial charge in [-0.05, 0) is 97.5 Å². The lowest BCUT2D eigenvalue weighted by Crippen LogP contribution is -2.56. The summed E-state index contributed by atoms with van der Waals surface area (Å²) >= 11 is 0. The Labute approximate surface area is 435 Å². The molecule has 7 aromatic rings. The van der Waals surface area contributed by atoms with E-state index in [4.69, 9.17) is 38.4 Å². The standard InChI is InChI=1S/C64H70N4O6/c1-41-28-50-31-59-63(5,61-57(71-39-47-23-15-9-16-24-47)33-55(43(3)73-61)69-37-45-19-11-7-12-20-45)35-51(67-59)29-49-27-42(2)54(65-49)32-60-64(6,36-52(68-60)30-53(41)66-50)62-58(72-40-48-25-17-10-18-26-48)34-56(44(4)74-62)70-38-46-21-13-8-14-22-46/h7-32,43-44,55-58,61-62,65-66H,33-40H2,1-6H3/t43-,44-,55-,56-,57-,58-,61-,62-,63-,64-/m1/s1. The monoisotopic (exact) mass is 991 g/mol. The molecule has 7 heterocycles. The van der Waals surface area contributed by atoms with Crippen molar-refractivity contribution in [1.29, 1.82) is 0 Å². The Morgan fingerprint density at radius 3 is 1.23 bits per heavy atom. The summed E-state index contributed by atoms with van der Waals surface area (Å²) < 4.78 is 41.6. The van der Waals surface area contributed by atoms with Gasteiger partial charge in [0.1, 0.15) is 0 Å². The second-order valence-electron chi connectivity index (χ2n) is 21.7. The van der Waals surface area contributed by atoms with E-state index in [0.717, 1.165) is 78.2 Å². The van der Waals surface area contributed by atoms with Crippen molar-refractivity contribution in [2.45, 2.75) is 153 Å². The predicted molar refractivity (Wildman–Crippen MR) is 291 cm³/mol. The van der Waals surface area contributed by atoms with Gasteiger partial charge in [0.05, 0.1) is 86.6 Å². The van der Waals surface area contributed by atoms with Crippen molar-refractivity contribution in [3.63, 3.8) is 0 Å². The largest absolute Gasteiger partial charge is 0.371 e. The zero-order chi connectivity index (χ0) is 50.8. The molecular weight excluding hydrogens is 921 g/mol. The van der Waals surface area contributed by atoms with Crippen molar-refractivity contribution in [1.82, 2.24) is 19.9 Å². The number of H-pyrrole nitrogens is 2. The molecule has 0 radical (unpaired) electrons. The summed E-state index contributed by atoms with van der Waals surface area (Å²) in [5, 5.41) is 0. The number of aromatic nitrogens is 4. The molecule has 0 aliphatic carbocycles. The van der Waals surface area contributed by atoms with E-state index in [-0.39, 0.29) is 48.8 Å². The number of ether oxygens (including phenoxy) is 6. The van der Waals surface area contributed by atoms with Crippen LogP contribution in [0.3, 0.4) is 0 Å². The summed E-state index contributed by atoms with van der Waals surface area (Å²) in [6.45, 7) is 15.2. The third kappa shape index (κ3) is 10.8. The number of benzene rings is 4. The molecule has 3 aromatic heterocycles. The number of aromatic amines is 2. The van der Waals surface area contributed by atoms with E-state index in [0.29, 0.717) is 52.1 Å². The molecule has 4 aromatic carbocycles. The SMILES string of the molecule is Cc1cc2cc3nc(cc4cc(C)c(cc5nc(cc1[nH]2)C[C@@]5(C)[C@@H]1O[C@H](C)[C@H](OCc2ccccc2)C[C@H]1OCc1ccccc1)[nH]4)C[C@@]3(C)[C@@H]1O[C@H](C)[C@H](OCc2ccccc2)C[C@H]1OCc1ccccc1. The molecule has 382 valence electrons. The number of nitrogens with one attached hydrogen (secondary N) is 2. The van der Waals surface area contributed by atoms with Gasteiger partial charge in [-0.2, -0.15) is 0 Å². The van der Waals surface area contributed by atoms with E-state index in [1.165, 1.54) is 0 Å². The Morgan fingerprint density at radius 2 is 0.811 bits per heavy atom. The maximum Gasteiger partial charge on any atom is 0.0955 e. The first-order valence-electron chi connectivity index (χ1n) is 26.6. The number of hydrogen-bond acceptors (Lipinski definition) is 8. The lowest BCUT2D eigenvalue weighted by molar-refractivity contribution is -0.214. The van der Waals surface area contributed by atoms with Crippen LogP contribution in [0.25, 0.3) is 22.1 Å². The van der Waals surface area contributed by atoms with E-state index < -0.39 is 10.8 Å². The van der Waals surface area contributed by atoms with Gasteiger partial charge in [0, 0.05) is 70.0 Å². The first-order chi connectivity index (χ1) is 36.0. The van der Waals surface area contributed by atoms with E-state index in [1.54, 1.807) is 0 Å².